The number of aromatic nitrogens is 2. The van der Waals surface area contributed by atoms with E-state index < -0.39 is 0 Å². The summed E-state index contributed by atoms with van der Waals surface area (Å²) >= 11 is 9.24. The van der Waals surface area contributed by atoms with Crippen LogP contribution in [0.15, 0.2) is 22.9 Å². The lowest BCUT2D eigenvalue weighted by Gasteiger charge is -2.13. The topological polar surface area (TPSA) is 35.0 Å². The van der Waals surface area contributed by atoms with Gasteiger partial charge in [-0.2, -0.15) is 0 Å². The lowest BCUT2D eigenvalue weighted by molar-refractivity contribution is 0.451. The Bertz CT molecular complexity index is 602. The number of benzene rings is 1. The highest BCUT2D eigenvalue weighted by molar-refractivity contribution is 9.10. The summed E-state index contributed by atoms with van der Waals surface area (Å²) in [5.74, 6) is 1.23. The van der Waals surface area contributed by atoms with Gasteiger partial charge in [-0.25, -0.2) is 9.97 Å². The molecule has 1 heterocycles. The van der Waals surface area contributed by atoms with Crippen molar-refractivity contribution in [2.75, 3.05) is 0 Å². The van der Waals surface area contributed by atoms with Gasteiger partial charge >= 0.3 is 0 Å². The lowest BCUT2D eigenvalue weighted by atomic mass is 10.1. The van der Waals surface area contributed by atoms with Gasteiger partial charge in [0.2, 0.25) is 5.88 Å². The van der Waals surface area contributed by atoms with Crippen molar-refractivity contribution in [1.82, 2.24) is 9.97 Å². The van der Waals surface area contributed by atoms with Gasteiger partial charge in [-0.3, -0.25) is 0 Å². The molecule has 0 bridgehead atoms. The Kier molecular flexibility index (Phi) is 3.88. The maximum atomic E-state index is 5.91. The van der Waals surface area contributed by atoms with Crippen LogP contribution in [0.4, 0.5) is 0 Å². The third kappa shape index (κ3) is 2.49. The first-order valence-corrected chi connectivity index (χ1v) is 6.58. The fraction of sp³-hybridized carbons (Fsp3) is 0.231. The van der Waals surface area contributed by atoms with E-state index in [9.17, 15) is 0 Å². The van der Waals surface area contributed by atoms with Crippen LogP contribution in [0.1, 0.15) is 16.7 Å². The first kappa shape index (κ1) is 13.3. The molecule has 0 atom stereocenters. The van der Waals surface area contributed by atoms with E-state index in [1.165, 1.54) is 11.9 Å². The van der Waals surface area contributed by atoms with Crippen LogP contribution in [0.3, 0.4) is 0 Å². The molecule has 1 aromatic heterocycles. The minimum absolute atomic E-state index is 0.336. The highest BCUT2D eigenvalue weighted by atomic mass is 79.9. The molecule has 0 amide bonds. The van der Waals surface area contributed by atoms with E-state index >= 15 is 0 Å². The van der Waals surface area contributed by atoms with Crippen molar-refractivity contribution in [2.24, 2.45) is 0 Å². The summed E-state index contributed by atoms with van der Waals surface area (Å²) in [6, 6.07) is 4.09. The molecule has 2 rings (SSSR count). The van der Waals surface area contributed by atoms with Crippen LogP contribution in [-0.4, -0.2) is 9.97 Å². The van der Waals surface area contributed by atoms with Crippen molar-refractivity contribution in [2.45, 2.75) is 20.8 Å². The van der Waals surface area contributed by atoms with Crippen LogP contribution in [0.5, 0.6) is 11.6 Å². The zero-order chi connectivity index (χ0) is 13.3. The Morgan fingerprint density at radius 2 is 1.78 bits per heavy atom. The first-order chi connectivity index (χ1) is 8.50. The van der Waals surface area contributed by atoms with E-state index in [4.69, 9.17) is 16.3 Å². The number of ether oxygens (including phenoxy) is 1. The summed E-state index contributed by atoms with van der Waals surface area (Å²) in [6.07, 6.45) is 1.38. The predicted molar refractivity (Wildman–Crippen MR) is 75.5 cm³/mol. The average molecular weight is 328 g/mol. The number of halogens is 2. The van der Waals surface area contributed by atoms with E-state index in [2.05, 4.69) is 32.0 Å². The number of aryl methyl sites for hydroxylation is 2. The van der Waals surface area contributed by atoms with Gasteiger partial charge < -0.3 is 4.74 Å². The molecule has 18 heavy (non-hydrogen) atoms. The van der Waals surface area contributed by atoms with Crippen LogP contribution in [0.2, 0.25) is 5.15 Å². The molecular formula is C13H12BrClN2O. The Morgan fingerprint density at radius 3 is 2.50 bits per heavy atom. The molecule has 5 heteroatoms. The molecule has 0 radical (unpaired) electrons. The third-order valence-corrected chi connectivity index (χ3v) is 4.02. The molecule has 1 aromatic carbocycles. The van der Waals surface area contributed by atoms with E-state index in [0.29, 0.717) is 15.5 Å². The molecule has 0 saturated carbocycles. The fourth-order valence-corrected chi connectivity index (χ4v) is 1.99. The van der Waals surface area contributed by atoms with Crippen molar-refractivity contribution in [1.29, 1.82) is 0 Å². The molecule has 0 aliphatic carbocycles. The second-order valence-corrected chi connectivity index (χ2v) is 5.19. The molecule has 0 N–H and O–H groups in total. The first-order valence-electron chi connectivity index (χ1n) is 5.41. The van der Waals surface area contributed by atoms with Gasteiger partial charge in [0.05, 0.1) is 0 Å². The Labute approximate surface area is 119 Å². The normalized spacial score (nSPS) is 10.5. The summed E-state index contributed by atoms with van der Waals surface area (Å²) in [5, 5.41) is 0.336. The number of hydrogen-bond acceptors (Lipinski definition) is 3. The highest BCUT2D eigenvalue weighted by Crippen LogP contribution is 2.35. The molecule has 94 valence electrons. The van der Waals surface area contributed by atoms with Gasteiger partial charge in [-0.1, -0.05) is 23.7 Å². The highest BCUT2D eigenvalue weighted by Gasteiger charge is 2.13. The van der Waals surface area contributed by atoms with Crippen LogP contribution in [-0.2, 0) is 0 Å². The maximum absolute atomic E-state index is 5.91. The molecule has 0 unspecified atom stereocenters. The summed E-state index contributed by atoms with van der Waals surface area (Å²) < 4.78 is 6.41. The van der Waals surface area contributed by atoms with Gasteiger partial charge in [0.1, 0.15) is 16.5 Å². The van der Waals surface area contributed by atoms with Gasteiger partial charge in [0.15, 0.2) is 5.15 Å². The molecule has 0 aliphatic rings. The van der Waals surface area contributed by atoms with Crippen molar-refractivity contribution in [3.05, 3.63) is 44.8 Å². The van der Waals surface area contributed by atoms with Crippen LogP contribution in [0.25, 0.3) is 0 Å². The minimum atomic E-state index is 0.336. The number of nitrogens with zero attached hydrogens (tertiary/aromatic N) is 2. The smallest absolute Gasteiger partial charge is 0.238 e. The van der Waals surface area contributed by atoms with Gasteiger partial charge in [-0.05, 0) is 53.4 Å². The van der Waals surface area contributed by atoms with E-state index in [0.717, 1.165) is 16.9 Å². The van der Waals surface area contributed by atoms with Gasteiger partial charge in [0, 0.05) is 0 Å². The van der Waals surface area contributed by atoms with Crippen molar-refractivity contribution in [3.8, 4) is 11.6 Å². The van der Waals surface area contributed by atoms with E-state index in [-0.39, 0.29) is 0 Å². The Morgan fingerprint density at radius 1 is 1.11 bits per heavy atom. The summed E-state index contributed by atoms with van der Waals surface area (Å²) in [7, 11) is 0. The quantitative estimate of drug-likeness (QED) is 0.756. The second-order valence-electron chi connectivity index (χ2n) is 4.04. The predicted octanol–water partition coefficient (Wildman–Crippen LogP) is 4.61. The fourth-order valence-electron chi connectivity index (χ4n) is 1.58. The molecule has 3 nitrogen and oxygen atoms in total. The summed E-state index contributed by atoms with van der Waals surface area (Å²) in [4.78, 5) is 7.95. The van der Waals surface area contributed by atoms with Gasteiger partial charge in [-0.15, -0.1) is 0 Å². The number of rotatable bonds is 2. The SMILES string of the molecule is Cc1ccc(C)c(Oc2ncnc(Cl)c2Br)c1C. The summed E-state index contributed by atoms with van der Waals surface area (Å²) in [6.45, 7) is 6.07. The van der Waals surface area contributed by atoms with Crippen molar-refractivity contribution < 1.29 is 4.74 Å². The van der Waals surface area contributed by atoms with Crippen molar-refractivity contribution in [3.63, 3.8) is 0 Å². The maximum Gasteiger partial charge on any atom is 0.238 e. The Balaban J connectivity index is 2.46. The summed E-state index contributed by atoms with van der Waals surface area (Å²) in [5.41, 5.74) is 3.32. The molecular weight excluding hydrogens is 316 g/mol. The van der Waals surface area contributed by atoms with E-state index in [1.807, 2.05) is 26.8 Å². The zero-order valence-electron chi connectivity index (χ0n) is 10.3. The molecule has 2 aromatic rings. The standard InChI is InChI=1S/C13H12BrClN2O/c1-7-4-5-8(2)11(9(7)3)18-13-10(14)12(15)16-6-17-13/h4-6H,1-3H3. The van der Waals surface area contributed by atoms with Crippen LogP contribution in [0, 0.1) is 20.8 Å². The van der Waals surface area contributed by atoms with Crippen LogP contribution < -0.4 is 4.74 Å². The average Bonchev–Trinajstić information content (AvgIpc) is 2.35. The lowest BCUT2D eigenvalue weighted by Crippen LogP contribution is -1.96. The number of hydrogen-bond donors (Lipinski definition) is 0. The van der Waals surface area contributed by atoms with Crippen molar-refractivity contribution >= 4 is 27.5 Å². The molecule has 0 saturated heterocycles. The van der Waals surface area contributed by atoms with Gasteiger partial charge in [0.25, 0.3) is 0 Å². The molecule has 0 aliphatic heterocycles. The largest absolute Gasteiger partial charge is 0.437 e. The van der Waals surface area contributed by atoms with Crippen LogP contribution >= 0.6 is 27.5 Å². The second kappa shape index (κ2) is 5.24. The zero-order valence-corrected chi connectivity index (χ0v) is 12.6. The molecule has 0 fully saturated rings. The van der Waals surface area contributed by atoms with E-state index in [1.54, 1.807) is 0 Å². The molecule has 0 spiro atoms. The Hall–Kier alpha value is -1.13. The third-order valence-electron chi connectivity index (χ3n) is 2.79. The minimum Gasteiger partial charge on any atom is -0.437 e. The monoisotopic (exact) mass is 326 g/mol.